The van der Waals surface area contributed by atoms with Gasteiger partial charge in [0.1, 0.15) is 0 Å². The Balaban J connectivity index is 3.15. The van der Waals surface area contributed by atoms with E-state index in [1.165, 1.54) is 12.8 Å². The van der Waals surface area contributed by atoms with Gasteiger partial charge in [0.25, 0.3) is 0 Å². The van der Waals surface area contributed by atoms with E-state index >= 15 is 0 Å². The normalized spacial score (nSPS) is 14.3. The van der Waals surface area contributed by atoms with Gasteiger partial charge in [-0.25, -0.2) is 0 Å². The molecule has 0 rings (SSSR count). The van der Waals surface area contributed by atoms with Crippen LogP contribution in [-0.2, 0) is 0 Å². The molecule has 0 saturated heterocycles. The van der Waals surface area contributed by atoms with Crippen molar-refractivity contribution in [2.24, 2.45) is 11.8 Å². The quantitative estimate of drug-likeness (QED) is 0.543. The van der Waals surface area contributed by atoms with Crippen LogP contribution < -0.4 is 0 Å². The largest absolute Gasteiger partial charge is 0.0628 e. The van der Waals surface area contributed by atoms with Gasteiger partial charge in [0.2, 0.25) is 0 Å². The lowest BCUT2D eigenvalue weighted by atomic mass is 9.95. The Kier molecular flexibility index (Phi) is 4.84. The molecule has 0 aliphatic carbocycles. The predicted molar refractivity (Wildman–Crippen MR) is 42.9 cm³/mol. The molecule has 54 valence electrons. The number of hydrogen-bond donors (Lipinski definition) is 0. The van der Waals surface area contributed by atoms with Crippen molar-refractivity contribution in [3.63, 3.8) is 0 Å². The van der Waals surface area contributed by atoms with Crippen molar-refractivity contribution in [1.29, 1.82) is 0 Å². The van der Waals surface area contributed by atoms with E-state index in [-0.39, 0.29) is 0 Å². The van der Waals surface area contributed by atoms with Gasteiger partial charge < -0.3 is 0 Å². The van der Waals surface area contributed by atoms with E-state index in [1.807, 2.05) is 0 Å². The highest BCUT2D eigenvalue weighted by Gasteiger charge is 2.02. The molecule has 2 radical (unpaired) electrons. The van der Waals surface area contributed by atoms with Crippen LogP contribution in [0.3, 0.4) is 0 Å². The van der Waals surface area contributed by atoms with Crippen LogP contribution in [0, 0.1) is 25.7 Å². The Morgan fingerprint density at radius 1 is 1.33 bits per heavy atom. The van der Waals surface area contributed by atoms with Crippen molar-refractivity contribution < 1.29 is 0 Å². The van der Waals surface area contributed by atoms with Crippen molar-refractivity contribution in [3.8, 4) is 0 Å². The molecule has 0 saturated carbocycles. The van der Waals surface area contributed by atoms with Crippen LogP contribution in [0.15, 0.2) is 0 Å². The monoisotopic (exact) mass is 126 g/mol. The second kappa shape index (κ2) is 4.84. The molecule has 0 aromatic carbocycles. The standard InChI is InChI=1S/C9H18/c1-5-6-9(4)7-8(2)3/h8-9H,1,4-7H2,2-3H3. The number of rotatable bonds is 4. The van der Waals surface area contributed by atoms with Gasteiger partial charge in [0, 0.05) is 0 Å². The Morgan fingerprint density at radius 3 is 2.22 bits per heavy atom. The molecule has 0 nitrogen and oxygen atoms in total. The maximum Gasteiger partial charge on any atom is -0.0412 e. The minimum Gasteiger partial charge on any atom is -0.0628 e. The molecule has 9 heavy (non-hydrogen) atoms. The van der Waals surface area contributed by atoms with Crippen molar-refractivity contribution >= 4 is 0 Å². The van der Waals surface area contributed by atoms with Crippen LogP contribution in [0.25, 0.3) is 0 Å². The Hall–Kier alpha value is 0. The van der Waals surface area contributed by atoms with Gasteiger partial charge in [0.05, 0.1) is 0 Å². The molecular formula is C9H18. The Morgan fingerprint density at radius 2 is 1.89 bits per heavy atom. The van der Waals surface area contributed by atoms with E-state index in [9.17, 15) is 0 Å². The molecule has 0 heterocycles. The fraction of sp³-hybridized carbons (Fsp3) is 0.778. The van der Waals surface area contributed by atoms with Gasteiger partial charge in [0.15, 0.2) is 0 Å². The predicted octanol–water partition coefficient (Wildman–Crippen LogP) is 3.10. The molecule has 0 aromatic heterocycles. The molecule has 0 amide bonds. The summed E-state index contributed by atoms with van der Waals surface area (Å²) < 4.78 is 0. The zero-order valence-electron chi connectivity index (χ0n) is 6.69. The van der Waals surface area contributed by atoms with Gasteiger partial charge in [-0.05, 0) is 18.3 Å². The van der Waals surface area contributed by atoms with E-state index in [0.717, 1.165) is 12.3 Å². The van der Waals surface area contributed by atoms with Gasteiger partial charge in [-0.2, -0.15) is 0 Å². The lowest BCUT2D eigenvalue weighted by Crippen LogP contribution is -1.99. The Bertz CT molecular complexity index is 55.1. The third-order valence-corrected chi connectivity index (χ3v) is 1.42. The van der Waals surface area contributed by atoms with Crippen LogP contribution in [0.4, 0.5) is 0 Å². The molecule has 0 heteroatoms. The van der Waals surface area contributed by atoms with Crippen molar-refractivity contribution in [1.82, 2.24) is 0 Å². The molecule has 0 bridgehead atoms. The summed E-state index contributed by atoms with van der Waals surface area (Å²) in [6.07, 6.45) is 3.45. The maximum atomic E-state index is 4.03. The summed E-state index contributed by atoms with van der Waals surface area (Å²) in [7, 11) is 0. The van der Waals surface area contributed by atoms with E-state index in [2.05, 4.69) is 27.7 Å². The zero-order chi connectivity index (χ0) is 7.28. The lowest BCUT2D eigenvalue weighted by molar-refractivity contribution is 0.451. The fourth-order valence-corrected chi connectivity index (χ4v) is 1.07. The van der Waals surface area contributed by atoms with Gasteiger partial charge in [-0.15, -0.1) is 0 Å². The van der Waals surface area contributed by atoms with Gasteiger partial charge in [-0.3, -0.25) is 0 Å². The second-order valence-electron chi connectivity index (χ2n) is 3.14. The summed E-state index contributed by atoms with van der Waals surface area (Å²) in [5.74, 6) is 1.42. The van der Waals surface area contributed by atoms with Crippen molar-refractivity contribution in [2.45, 2.75) is 33.1 Å². The van der Waals surface area contributed by atoms with Gasteiger partial charge >= 0.3 is 0 Å². The molecular weight excluding hydrogens is 108 g/mol. The second-order valence-corrected chi connectivity index (χ2v) is 3.14. The summed E-state index contributed by atoms with van der Waals surface area (Å²) in [6.45, 7) is 12.3. The van der Waals surface area contributed by atoms with E-state index in [1.54, 1.807) is 0 Å². The average Bonchev–Trinajstić information content (AvgIpc) is 1.63. The minimum absolute atomic E-state index is 0.627. The zero-order valence-corrected chi connectivity index (χ0v) is 6.69. The summed E-state index contributed by atoms with van der Waals surface area (Å²) in [5.41, 5.74) is 0. The summed E-state index contributed by atoms with van der Waals surface area (Å²) >= 11 is 0. The first-order valence-corrected chi connectivity index (χ1v) is 3.79. The van der Waals surface area contributed by atoms with E-state index in [0.29, 0.717) is 5.92 Å². The lowest BCUT2D eigenvalue weighted by Gasteiger charge is -2.11. The molecule has 1 atom stereocenters. The molecule has 0 fully saturated rings. The first kappa shape index (κ1) is 9.00. The maximum absolute atomic E-state index is 4.03. The highest BCUT2D eigenvalue weighted by Crippen LogP contribution is 2.14. The first-order valence-electron chi connectivity index (χ1n) is 3.79. The van der Waals surface area contributed by atoms with Crippen LogP contribution in [-0.4, -0.2) is 0 Å². The summed E-state index contributed by atoms with van der Waals surface area (Å²) in [5, 5.41) is 0. The fourth-order valence-electron chi connectivity index (χ4n) is 1.07. The summed E-state index contributed by atoms with van der Waals surface area (Å²) in [6, 6.07) is 0. The topological polar surface area (TPSA) is 0 Å². The third kappa shape index (κ3) is 5.88. The van der Waals surface area contributed by atoms with Crippen molar-refractivity contribution in [2.75, 3.05) is 0 Å². The van der Waals surface area contributed by atoms with Gasteiger partial charge in [-0.1, -0.05) is 40.5 Å². The SMILES string of the molecule is [CH2]CCC([CH2])CC(C)C. The smallest absolute Gasteiger partial charge is 0.0412 e. The molecule has 0 N–H and O–H groups in total. The summed E-state index contributed by atoms with van der Waals surface area (Å²) in [4.78, 5) is 0. The minimum atomic E-state index is 0.627. The molecule has 1 unspecified atom stereocenters. The average molecular weight is 126 g/mol. The highest BCUT2D eigenvalue weighted by molar-refractivity contribution is 4.63. The first-order chi connectivity index (χ1) is 4.16. The highest BCUT2D eigenvalue weighted by atomic mass is 14.1. The molecule has 0 aromatic rings. The van der Waals surface area contributed by atoms with Crippen LogP contribution in [0.2, 0.25) is 0 Å². The van der Waals surface area contributed by atoms with Crippen LogP contribution in [0.1, 0.15) is 33.1 Å². The third-order valence-electron chi connectivity index (χ3n) is 1.42. The van der Waals surface area contributed by atoms with E-state index < -0.39 is 0 Å². The van der Waals surface area contributed by atoms with Crippen molar-refractivity contribution in [3.05, 3.63) is 13.8 Å². The van der Waals surface area contributed by atoms with E-state index in [4.69, 9.17) is 0 Å². The molecule has 0 aliphatic rings. The molecule has 0 spiro atoms. The Labute approximate surface area is 59.7 Å². The van der Waals surface area contributed by atoms with Crippen LogP contribution >= 0.6 is 0 Å². The van der Waals surface area contributed by atoms with Crippen LogP contribution in [0.5, 0.6) is 0 Å². The number of hydrogen-bond acceptors (Lipinski definition) is 0. The molecule has 0 aliphatic heterocycles.